The zero-order valence-electron chi connectivity index (χ0n) is 22.3. The van der Waals surface area contributed by atoms with Crippen LogP contribution in [0.5, 0.6) is 0 Å². The van der Waals surface area contributed by atoms with Crippen molar-refractivity contribution in [1.29, 1.82) is 0 Å². The SMILES string of the molecule is C=O.CCCSNc1cccc(-c2nc(C(C)(C)C)sc2-c2ccnc(NCC3CCCCC3)n2)c1F. The molecule has 9 heteroatoms. The lowest BCUT2D eigenvalue weighted by atomic mass is 9.89. The van der Waals surface area contributed by atoms with E-state index in [1.54, 1.807) is 29.7 Å². The van der Waals surface area contributed by atoms with Gasteiger partial charge in [-0.05, 0) is 43.4 Å². The van der Waals surface area contributed by atoms with E-state index in [1.165, 1.54) is 44.1 Å². The highest BCUT2D eigenvalue weighted by atomic mass is 32.2. The van der Waals surface area contributed by atoms with E-state index in [2.05, 4.69) is 42.7 Å². The molecular formula is C28H38FN5OS2. The summed E-state index contributed by atoms with van der Waals surface area (Å²) in [7, 11) is 0. The van der Waals surface area contributed by atoms with Gasteiger partial charge in [0.1, 0.15) is 6.79 Å². The summed E-state index contributed by atoms with van der Waals surface area (Å²) in [4.78, 5) is 23.1. The predicted molar refractivity (Wildman–Crippen MR) is 156 cm³/mol. The fraction of sp³-hybridized carbons (Fsp3) is 0.500. The van der Waals surface area contributed by atoms with Crippen LogP contribution >= 0.6 is 23.3 Å². The number of nitrogens with one attached hydrogen (secondary N) is 2. The number of anilines is 2. The number of nitrogens with zero attached hydrogens (tertiary/aromatic N) is 3. The molecule has 4 rings (SSSR count). The Morgan fingerprint density at radius 1 is 1.14 bits per heavy atom. The molecule has 1 aliphatic rings. The highest BCUT2D eigenvalue weighted by Gasteiger charge is 2.26. The smallest absolute Gasteiger partial charge is 0.223 e. The Hall–Kier alpha value is -2.52. The first-order valence-electron chi connectivity index (χ1n) is 12.9. The van der Waals surface area contributed by atoms with Crippen LogP contribution in [0, 0.1) is 11.7 Å². The van der Waals surface area contributed by atoms with Crippen LogP contribution < -0.4 is 10.0 Å². The number of rotatable bonds is 9. The predicted octanol–water partition coefficient (Wildman–Crippen LogP) is 7.98. The maximum atomic E-state index is 15.6. The Bertz CT molecular complexity index is 1140. The molecular weight excluding hydrogens is 505 g/mol. The fourth-order valence-electron chi connectivity index (χ4n) is 4.22. The van der Waals surface area contributed by atoms with Gasteiger partial charge in [-0.3, -0.25) is 0 Å². The molecule has 0 bridgehead atoms. The molecule has 2 N–H and O–H groups in total. The highest BCUT2D eigenvalue weighted by molar-refractivity contribution is 8.00. The third-order valence-corrected chi connectivity index (χ3v) is 8.65. The molecule has 1 fully saturated rings. The van der Waals surface area contributed by atoms with Gasteiger partial charge >= 0.3 is 0 Å². The molecule has 2 heterocycles. The number of aromatic nitrogens is 3. The van der Waals surface area contributed by atoms with Crippen LogP contribution in [-0.4, -0.2) is 34.0 Å². The zero-order valence-corrected chi connectivity index (χ0v) is 23.9. The molecule has 200 valence electrons. The minimum absolute atomic E-state index is 0.157. The summed E-state index contributed by atoms with van der Waals surface area (Å²) < 4.78 is 18.8. The van der Waals surface area contributed by atoms with E-state index in [0.29, 0.717) is 28.8 Å². The van der Waals surface area contributed by atoms with Crippen molar-refractivity contribution in [2.24, 2.45) is 5.92 Å². The Balaban J connectivity index is 0.00000186. The lowest BCUT2D eigenvalue weighted by molar-refractivity contribution is -0.0980. The van der Waals surface area contributed by atoms with Gasteiger partial charge in [-0.2, -0.15) is 0 Å². The van der Waals surface area contributed by atoms with Crippen molar-refractivity contribution < 1.29 is 9.18 Å². The molecule has 0 aliphatic heterocycles. The van der Waals surface area contributed by atoms with Crippen molar-refractivity contribution in [1.82, 2.24) is 15.0 Å². The molecule has 0 amide bonds. The van der Waals surface area contributed by atoms with Crippen molar-refractivity contribution >= 4 is 41.7 Å². The van der Waals surface area contributed by atoms with Gasteiger partial charge in [0, 0.05) is 29.5 Å². The Kier molecular flexibility index (Phi) is 10.9. The molecule has 6 nitrogen and oxygen atoms in total. The summed E-state index contributed by atoms with van der Waals surface area (Å²) in [5, 5.41) is 4.40. The second kappa shape index (κ2) is 13.9. The third-order valence-electron chi connectivity index (χ3n) is 6.17. The minimum Gasteiger partial charge on any atom is -0.354 e. The lowest BCUT2D eigenvalue weighted by Crippen LogP contribution is -2.18. The Morgan fingerprint density at radius 3 is 2.59 bits per heavy atom. The first-order valence-corrected chi connectivity index (χ1v) is 14.7. The van der Waals surface area contributed by atoms with E-state index in [0.717, 1.165) is 34.3 Å². The van der Waals surface area contributed by atoms with Crippen LogP contribution in [0.2, 0.25) is 0 Å². The lowest BCUT2D eigenvalue weighted by Gasteiger charge is -2.21. The maximum absolute atomic E-state index is 15.6. The standard InChI is InChI=1S/C27H36FN5S2.CH2O/c1-5-16-34-33-20-13-9-12-19(22(20)28)23-24(35-25(32-23)27(2,3)4)21-14-15-29-26(31-21)30-17-18-10-7-6-8-11-18;1-2/h9,12-15,18,33H,5-8,10-11,16-17H2,1-4H3,(H,29,30,31);1H2. The summed E-state index contributed by atoms with van der Waals surface area (Å²) in [6.07, 6.45) is 9.29. The molecule has 2 aromatic heterocycles. The highest BCUT2D eigenvalue weighted by Crippen LogP contribution is 2.42. The molecule has 0 unspecified atom stereocenters. The van der Waals surface area contributed by atoms with Gasteiger partial charge in [-0.1, -0.05) is 65.0 Å². The average molecular weight is 544 g/mol. The summed E-state index contributed by atoms with van der Waals surface area (Å²) in [6, 6.07) is 7.35. The van der Waals surface area contributed by atoms with E-state index in [4.69, 9.17) is 14.8 Å². The van der Waals surface area contributed by atoms with E-state index >= 15 is 4.39 Å². The molecule has 1 aromatic carbocycles. The number of carbonyl (C=O) groups is 1. The van der Waals surface area contributed by atoms with Gasteiger partial charge in [-0.25, -0.2) is 19.3 Å². The van der Waals surface area contributed by atoms with E-state index in [-0.39, 0.29) is 11.2 Å². The number of hydrogen-bond acceptors (Lipinski definition) is 8. The van der Waals surface area contributed by atoms with Crippen molar-refractivity contribution in [3.8, 4) is 21.8 Å². The van der Waals surface area contributed by atoms with Gasteiger partial charge in [0.15, 0.2) is 5.82 Å². The quantitative estimate of drug-likeness (QED) is 0.209. The number of thiazole rings is 1. The van der Waals surface area contributed by atoms with Crippen LogP contribution in [0.3, 0.4) is 0 Å². The second-order valence-electron chi connectivity index (χ2n) is 10.2. The Morgan fingerprint density at radius 2 is 1.89 bits per heavy atom. The first kappa shape index (κ1) is 29.0. The van der Waals surface area contributed by atoms with Gasteiger partial charge in [-0.15, -0.1) is 11.3 Å². The molecule has 1 saturated carbocycles. The van der Waals surface area contributed by atoms with Crippen molar-refractivity contribution in [3.63, 3.8) is 0 Å². The summed E-state index contributed by atoms with van der Waals surface area (Å²) in [5.74, 6) is 1.93. The zero-order chi connectivity index (χ0) is 26.8. The molecule has 0 radical (unpaired) electrons. The minimum atomic E-state index is -0.284. The number of benzene rings is 1. The largest absolute Gasteiger partial charge is 0.354 e. The number of hydrogen-bond donors (Lipinski definition) is 2. The molecule has 1 aliphatic carbocycles. The van der Waals surface area contributed by atoms with Crippen LogP contribution in [0.4, 0.5) is 16.0 Å². The van der Waals surface area contributed by atoms with Crippen molar-refractivity contribution in [3.05, 3.63) is 41.3 Å². The normalized spacial score (nSPS) is 14.1. The van der Waals surface area contributed by atoms with Gasteiger partial charge < -0.3 is 14.8 Å². The van der Waals surface area contributed by atoms with E-state index < -0.39 is 0 Å². The summed E-state index contributed by atoms with van der Waals surface area (Å²) in [5.41, 5.74) is 2.22. The number of carbonyl (C=O) groups excluding carboxylic acids is 1. The molecule has 0 spiro atoms. The van der Waals surface area contributed by atoms with Crippen LogP contribution in [-0.2, 0) is 10.2 Å². The summed E-state index contributed by atoms with van der Waals surface area (Å²) in [6.45, 7) is 11.4. The van der Waals surface area contributed by atoms with Crippen LogP contribution in [0.25, 0.3) is 21.8 Å². The van der Waals surface area contributed by atoms with Crippen LogP contribution in [0.1, 0.15) is 71.2 Å². The monoisotopic (exact) mass is 543 g/mol. The average Bonchev–Trinajstić information content (AvgIpc) is 3.37. The first-order chi connectivity index (χ1) is 17.9. The van der Waals surface area contributed by atoms with Gasteiger partial charge in [0.05, 0.1) is 27.0 Å². The third kappa shape index (κ3) is 7.74. The summed E-state index contributed by atoms with van der Waals surface area (Å²) >= 11 is 3.10. The van der Waals surface area contributed by atoms with Gasteiger partial charge in [0.2, 0.25) is 5.95 Å². The maximum Gasteiger partial charge on any atom is 0.223 e. The molecule has 0 atom stereocenters. The fourth-order valence-corrected chi connectivity index (χ4v) is 5.95. The van der Waals surface area contributed by atoms with Crippen molar-refractivity contribution in [2.45, 2.75) is 71.6 Å². The Labute approximate surface area is 228 Å². The van der Waals surface area contributed by atoms with Gasteiger partial charge in [0.25, 0.3) is 0 Å². The van der Waals surface area contributed by atoms with Crippen molar-refractivity contribution in [2.75, 3.05) is 22.3 Å². The second-order valence-corrected chi connectivity index (χ2v) is 12.1. The van der Waals surface area contributed by atoms with E-state index in [9.17, 15) is 0 Å². The molecule has 37 heavy (non-hydrogen) atoms. The topological polar surface area (TPSA) is 79.8 Å². The van der Waals surface area contributed by atoms with E-state index in [1.807, 2.05) is 18.9 Å². The number of halogens is 1. The molecule has 0 saturated heterocycles. The van der Waals surface area contributed by atoms with Crippen LogP contribution in [0.15, 0.2) is 30.5 Å². The molecule has 3 aromatic rings.